The number of carboxylic acids is 1. The van der Waals surface area contributed by atoms with E-state index in [9.17, 15) is 24.3 Å². The first-order valence-electron chi connectivity index (χ1n) is 8.14. The molecule has 0 spiro atoms. The summed E-state index contributed by atoms with van der Waals surface area (Å²) in [5.74, 6) is -3.58. The van der Waals surface area contributed by atoms with Crippen LogP contribution in [0.25, 0.3) is 0 Å². The number of carbonyl (C=O) groups is 4. The molecule has 3 amide bonds. The van der Waals surface area contributed by atoms with Crippen LogP contribution in [0.1, 0.15) is 25.5 Å². The molecule has 0 fully saturated rings. The van der Waals surface area contributed by atoms with Gasteiger partial charge in [0, 0.05) is 24.7 Å². The highest BCUT2D eigenvalue weighted by atomic mass is 16.4. The largest absolute Gasteiger partial charge is 0.480 e. The van der Waals surface area contributed by atoms with E-state index in [0.717, 1.165) is 0 Å². The molecule has 12 nitrogen and oxygen atoms in total. The van der Waals surface area contributed by atoms with Crippen LogP contribution in [0, 0.1) is 0 Å². The second kappa shape index (κ2) is 10.2. The minimum Gasteiger partial charge on any atom is -0.480 e. The third-order valence-electron chi connectivity index (χ3n) is 3.70. The van der Waals surface area contributed by atoms with Gasteiger partial charge in [0.2, 0.25) is 17.7 Å². The zero-order chi connectivity index (χ0) is 20.6. The Hall–Kier alpha value is -2.99. The molecule has 1 aromatic heterocycles. The lowest BCUT2D eigenvalue weighted by Gasteiger charge is -2.23. The number of primary amides is 1. The number of hydrogen-bond acceptors (Lipinski definition) is 7. The minimum absolute atomic E-state index is 0.00894. The van der Waals surface area contributed by atoms with Crippen molar-refractivity contribution in [3.63, 3.8) is 0 Å². The molecule has 9 N–H and O–H groups in total. The number of rotatable bonds is 11. The van der Waals surface area contributed by atoms with Crippen LogP contribution >= 0.6 is 0 Å². The first kappa shape index (κ1) is 22.1. The molecular formula is C15H24N6O6. The molecule has 0 aliphatic heterocycles. The van der Waals surface area contributed by atoms with Crippen molar-refractivity contribution in [2.75, 3.05) is 0 Å². The topological polar surface area (TPSA) is 214 Å². The number of H-pyrrole nitrogens is 1. The summed E-state index contributed by atoms with van der Waals surface area (Å²) in [6, 6.07) is -3.82. The number of aromatic nitrogens is 2. The van der Waals surface area contributed by atoms with Gasteiger partial charge >= 0.3 is 5.97 Å². The van der Waals surface area contributed by atoms with Gasteiger partial charge in [-0.2, -0.15) is 0 Å². The Morgan fingerprint density at radius 3 is 2.41 bits per heavy atom. The van der Waals surface area contributed by atoms with Crippen molar-refractivity contribution in [2.24, 2.45) is 11.5 Å². The molecule has 0 unspecified atom stereocenters. The Morgan fingerprint density at radius 1 is 1.26 bits per heavy atom. The van der Waals surface area contributed by atoms with E-state index < -0.39 is 47.9 Å². The van der Waals surface area contributed by atoms with E-state index in [4.69, 9.17) is 16.6 Å². The standard InChI is InChI=1S/C15H24N6O6/c1-7(22)12(15(26)27)21-14(25)10(4-8-5-18-6-19-8)20-13(24)9(16)2-3-11(17)23/h5-7,9-10,12,22H,2-4,16H2,1H3,(H2,17,23)(H,18,19)(H,20,24)(H,21,25)(H,26,27)/t7-,9+,10+,12+/m1/s1. The van der Waals surface area contributed by atoms with E-state index in [-0.39, 0.29) is 19.3 Å². The van der Waals surface area contributed by atoms with Gasteiger partial charge in [-0.15, -0.1) is 0 Å². The fraction of sp³-hybridized carbons (Fsp3) is 0.533. The van der Waals surface area contributed by atoms with Gasteiger partial charge in [0.25, 0.3) is 0 Å². The van der Waals surface area contributed by atoms with Crippen LogP contribution in [0.3, 0.4) is 0 Å². The van der Waals surface area contributed by atoms with Crippen molar-refractivity contribution < 1.29 is 29.4 Å². The number of imidazole rings is 1. The van der Waals surface area contributed by atoms with E-state index in [1.54, 1.807) is 0 Å². The normalized spacial score (nSPS) is 15.2. The number of amides is 3. The Kier molecular flexibility index (Phi) is 8.35. The number of nitrogens with zero attached hydrogens (tertiary/aromatic N) is 1. The highest BCUT2D eigenvalue weighted by Crippen LogP contribution is 2.03. The maximum atomic E-state index is 12.5. The molecule has 150 valence electrons. The van der Waals surface area contributed by atoms with E-state index >= 15 is 0 Å². The maximum Gasteiger partial charge on any atom is 0.328 e. The molecule has 0 saturated carbocycles. The van der Waals surface area contributed by atoms with Crippen molar-refractivity contribution in [2.45, 2.75) is 50.4 Å². The summed E-state index contributed by atoms with van der Waals surface area (Å²) in [6.07, 6.45) is 1.32. The molecule has 0 bridgehead atoms. The van der Waals surface area contributed by atoms with Crippen LogP contribution < -0.4 is 22.1 Å². The van der Waals surface area contributed by atoms with Crippen molar-refractivity contribution in [1.82, 2.24) is 20.6 Å². The Morgan fingerprint density at radius 2 is 1.93 bits per heavy atom. The molecule has 0 aliphatic carbocycles. The second-order valence-corrected chi connectivity index (χ2v) is 6.02. The number of carbonyl (C=O) groups excluding carboxylic acids is 3. The average molecular weight is 384 g/mol. The fourth-order valence-electron chi connectivity index (χ4n) is 2.18. The van der Waals surface area contributed by atoms with E-state index in [2.05, 4.69) is 20.6 Å². The lowest BCUT2D eigenvalue weighted by atomic mass is 10.1. The molecule has 0 saturated heterocycles. The van der Waals surface area contributed by atoms with Gasteiger partial charge < -0.3 is 37.3 Å². The number of nitrogens with one attached hydrogen (secondary N) is 3. The first-order valence-corrected chi connectivity index (χ1v) is 8.14. The van der Waals surface area contributed by atoms with Crippen LogP contribution in [0.2, 0.25) is 0 Å². The lowest BCUT2D eigenvalue weighted by Crippen LogP contribution is -2.57. The van der Waals surface area contributed by atoms with Gasteiger partial charge in [-0.05, 0) is 13.3 Å². The Balaban J connectivity index is 2.85. The Labute approximate surface area is 154 Å². The average Bonchev–Trinajstić information content (AvgIpc) is 3.08. The highest BCUT2D eigenvalue weighted by molar-refractivity contribution is 5.92. The number of nitrogens with two attached hydrogens (primary N) is 2. The monoisotopic (exact) mass is 384 g/mol. The number of aromatic amines is 1. The van der Waals surface area contributed by atoms with Crippen molar-refractivity contribution in [3.05, 3.63) is 18.2 Å². The quantitative estimate of drug-likeness (QED) is 0.208. The number of aliphatic hydroxyl groups is 1. The van der Waals surface area contributed by atoms with Gasteiger partial charge in [-0.25, -0.2) is 9.78 Å². The molecule has 12 heteroatoms. The second-order valence-electron chi connectivity index (χ2n) is 6.02. The number of carboxylic acid groups (broad SMARTS) is 1. The summed E-state index contributed by atoms with van der Waals surface area (Å²) in [5.41, 5.74) is 11.2. The number of hydrogen-bond donors (Lipinski definition) is 7. The predicted octanol–water partition coefficient (Wildman–Crippen LogP) is -3.02. The van der Waals surface area contributed by atoms with Gasteiger partial charge in [0.1, 0.15) is 6.04 Å². The molecular weight excluding hydrogens is 360 g/mol. The summed E-state index contributed by atoms with van der Waals surface area (Å²) < 4.78 is 0. The van der Waals surface area contributed by atoms with Crippen LogP contribution in [0.4, 0.5) is 0 Å². The third kappa shape index (κ3) is 7.42. The zero-order valence-electron chi connectivity index (χ0n) is 14.7. The molecule has 0 aliphatic rings. The molecule has 1 aromatic rings. The molecule has 0 aromatic carbocycles. The fourth-order valence-corrected chi connectivity index (χ4v) is 2.18. The zero-order valence-corrected chi connectivity index (χ0v) is 14.7. The molecule has 4 atom stereocenters. The van der Waals surface area contributed by atoms with Gasteiger partial charge in [-0.3, -0.25) is 14.4 Å². The molecule has 27 heavy (non-hydrogen) atoms. The van der Waals surface area contributed by atoms with Crippen LogP contribution in [0.5, 0.6) is 0 Å². The summed E-state index contributed by atoms with van der Waals surface area (Å²) >= 11 is 0. The van der Waals surface area contributed by atoms with Crippen LogP contribution in [-0.4, -0.2) is 68.1 Å². The maximum absolute atomic E-state index is 12.5. The summed E-state index contributed by atoms with van der Waals surface area (Å²) in [4.78, 5) is 53.2. The van der Waals surface area contributed by atoms with Gasteiger partial charge in [0.15, 0.2) is 6.04 Å². The van der Waals surface area contributed by atoms with Crippen LogP contribution in [0.15, 0.2) is 12.5 Å². The van der Waals surface area contributed by atoms with Gasteiger partial charge in [-0.1, -0.05) is 0 Å². The number of aliphatic carboxylic acids is 1. The van der Waals surface area contributed by atoms with Crippen molar-refractivity contribution in [1.29, 1.82) is 0 Å². The van der Waals surface area contributed by atoms with Crippen molar-refractivity contribution in [3.8, 4) is 0 Å². The molecule has 1 rings (SSSR count). The number of aliphatic hydroxyl groups excluding tert-OH is 1. The minimum atomic E-state index is -1.55. The Bertz CT molecular complexity index is 662. The van der Waals surface area contributed by atoms with Gasteiger partial charge in [0.05, 0.1) is 18.5 Å². The van der Waals surface area contributed by atoms with E-state index in [0.29, 0.717) is 5.69 Å². The summed E-state index contributed by atoms with van der Waals surface area (Å²) in [5, 5.41) is 23.2. The molecule has 1 heterocycles. The first-order chi connectivity index (χ1) is 12.6. The predicted molar refractivity (Wildman–Crippen MR) is 91.9 cm³/mol. The highest BCUT2D eigenvalue weighted by Gasteiger charge is 2.30. The summed E-state index contributed by atoms with van der Waals surface area (Å²) in [6.45, 7) is 1.21. The van der Waals surface area contributed by atoms with Crippen molar-refractivity contribution >= 4 is 23.7 Å². The summed E-state index contributed by atoms with van der Waals surface area (Å²) in [7, 11) is 0. The van der Waals surface area contributed by atoms with E-state index in [1.165, 1.54) is 19.4 Å². The molecule has 0 radical (unpaired) electrons. The van der Waals surface area contributed by atoms with E-state index in [1.807, 2.05) is 0 Å². The smallest absolute Gasteiger partial charge is 0.328 e. The SMILES string of the molecule is C[C@@H](O)[C@H](NC(=O)[C@H](Cc1cnc[nH]1)NC(=O)[C@@H](N)CCC(N)=O)C(=O)O. The third-order valence-corrected chi connectivity index (χ3v) is 3.70. The van der Waals surface area contributed by atoms with Crippen LogP contribution in [-0.2, 0) is 25.6 Å². The lowest BCUT2D eigenvalue weighted by molar-refractivity contribution is -0.145.